The van der Waals surface area contributed by atoms with Crippen molar-refractivity contribution in [3.63, 3.8) is 0 Å². The van der Waals surface area contributed by atoms with Crippen molar-refractivity contribution in [3.8, 4) is 17.0 Å². The average Bonchev–Trinajstić information content (AvgIpc) is 3.19. The maximum absolute atomic E-state index is 12.5. The van der Waals surface area contributed by atoms with Gasteiger partial charge in [-0.05, 0) is 24.3 Å². The lowest BCUT2D eigenvalue weighted by molar-refractivity contribution is -0.384. The summed E-state index contributed by atoms with van der Waals surface area (Å²) in [7, 11) is 1.55. The first-order valence-electron chi connectivity index (χ1n) is 8.82. The number of Topliss-reactive ketones (excluding diaryl/α,β-unsaturated/α-hetero) is 1. The predicted molar refractivity (Wildman–Crippen MR) is 111 cm³/mol. The maximum Gasteiger partial charge on any atom is 0.270 e. The molecular formula is C20H15N5O4S. The van der Waals surface area contributed by atoms with Crippen LogP contribution in [0.3, 0.4) is 0 Å². The van der Waals surface area contributed by atoms with E-state index in [-0.39, 0.29) is 17.2 Å². The Bertz CT molecular complexity index is 1260. The normalized spacial score (nSPS) is 10.8. The Morgan fingerprint density at radius 3 is 2.77 bits per heavy atom. The standard InChI is InChI=1S/C20H15N5O4S/c1-29-16-7-3-5-14(11-16)18(26)12-30-20-22-21-19-9-8-17(23-24(19)20)13-4-2-6-15(10-13)25(27)28/h2-11H,12H2,1H3. The van der Waals surface area contributed by atoms with Gasteiger partial charge in [-0.15, -0.1) is 10.2 Å². The third kappa shape index (κ3) is 3.98. The van der Waals surface area contributed by atoms with E-state index in [0.29, 0.717) is 33.4 Å². The number of benzene rings is 2. The quantitative estimate of drug-likeness (QED) is 0.192. The molecular weight excluding hydrogens is 406 g/mol. The average molecular weight is 421 g/mol. The fraction of sp³-hybridized carbons (Fsp3) is 0.100. The first kappa shape index (κ1) is 19.5. The van der Waals surface area contributed by atoms with E-state index in [4.69, 9.17) is 4.74 Å². The number of hydrogen-bond acceptors (Lipinski definition) is 8. The summed E-state index contributed by atoms with van der Waals surface area (Å²) >= 11 is 1.21. The molecule has 0 saturated heterocycles. The van der Waals surface area contributed by atoms with E-state index < -0.39 is 4.92 Å². The van der Waals surface area contributed by atoms with Crippen LogP contribution in [0.25, 0.3) is 16.9 Å². The number of methoxy groups -OCH3 is 1. The van der Waals surface area contributed by atoms with Crippen molar-refractivity contribution in [2.45, 2.75) is 5.16 Å². The lowest BCUT2D eigenvalue weighted by atomic mass is 10.1. The monoisotopic (exact) mass is 421 g/mol. The number of nitrogens with zero attached hydrogens (tertiary/aromatic N) is 5. The highest BCUT2D eigenvalue weighted by atomic mass is 32.2. The molecule has 0 spiro atoms. The van der Waals surface area contributed by atoms with E-state index in [1.165, 1.54) is 28.4 Å². The second kappa shape index (κ2) is 8.29. The number of thioether (sulfide) groups is 1. The van der Waals surface area contributed by atoms with Crippen LogP contribution in [0.2, 0.25) is 0 Å². The van der Waals surface area contributed by atoms with Crippen LogP contribution in [0.4, 0.5) is 5.69 Å². The number of hydrogen-bond donors (Lipinski definition) is 0. The van der Waals surface area contributed by atoms with Crippen LogP contribution in [-0.4, -0.2) is 43.4 Å². The molecule has 4 aromatic rings. The maximum atomic E-state index is 12.5. The molecule has 9 nitrogen and oxygen atoms in total. The number of nitro benzene ring substituents is 1. The van der Waals surface area contributed by atoms with Crippen molar-refractivity contribution < 1.29 is 14.5 Å². The summed E-state index contributed by atoms with van der Waals surface area (Å²) in [5.74, 6) is 0.684. The highest BCUT2D eigenvalue weighted by Crippen LogP contribution is 2.24. The summed E-state index contributed by atoms with van der Waals surface area (Å²) < 4.78 is 6.68. The Kier molecular flexibility index (Phi) is 5.40. The van der Waals surface area contributed by atoms with Gasteiger partial charge in [-0.1, -0.05) is 36.0 Å². The molecule has 0 bridgehead atoms. The molecule has 2 heterocycles. The first-order chi connectivity index (χ1) is 14.5. The first-order valence-corrected chi connectivity index (χ1v) is 9.81. The van der Waals surface area contributed by atoms with Gasteiger partial charge >= 0.3 is 0 Å². The lowest BCUT2D eigenvalue weighted by Gasteiger charge is -2.04. The third-order valence-corrected chi connectivity index (χ3v) is 5.23. The second-order valence-corrected chi connectivity index (χ2v) is 7.16. The molecule has 0 aliphatic heterocycles. The van der Waals surface area contributed by atoms with E-state index in [0.717, 1.165) is 0 Å². The zero-order chi connectivity index (χ0) is 21.1. The molecule has 0 N–H and O–H groups in total. The van der Waals surface area contributed by atoms with Gasteiger partial charge < -0.3 is 4.74 Å². The number of aromatic nitrogens is 4. The molecule has 10 heteroatoms. The SMILES string of the molecule is COc1cccc(C(=O)CSc2nnc3ccc(-c4cccc([N+](=O)[O-])c4)nn23)c1. The van der Waals surface area contributed by atoms with Gasteiger partial charge in [-0.2, -0.15) is 9.61 Å². The number of fused-ring (bicyclic) bond motifs is 1. The van der Waals surface area contributed by atoms with Gasteiger partial charge in [0, 0.05) is 23.3 Å². The zero-order valence-electron chi connectivity index (χ0n) is 15.8. The molecule has 0 amide bonds. The van der Waals surface area contributed by atoms with Gasteiger partial charge in [-0.3, -0.25) is 14.9 Å². The lowest BCUT2D eigenvalue weighted by Crippen LogP contribution is -2.04. The number of carbonyl (C=O) groups excluding carboxylic acids is 1. The van der Waals surface area contributed by atoms with Crippen molar-refractivity contribution in [2.24, 2.45) is 0 Å². The third-order valence-electron chi connectivity index (χ3n) is 4.31. The summed E-state index contributed by atoms with van der Waals surface area (Å²) in [4.78, 5) is 23.1. The number of ketones is 1. The molecule has 150 valence electrons. The molecule has 0 aliphatic carbocycles. The molecule has 30 heavy (non-hydrogen) atoms. The van der Waals surface area contributed by atoms with E-state index in [2.05, 4.69) is 15.3 Å². The minimum absolute atomic E-state index is 0.0170. The fourth-order valence-corrected chi connectivity index (χ4v) is 3.58. The molecule has 0 radical (unpaired) electrons. The number of ether oxygens (including phenoxy) is 1. The van der Waals surface area contributed by atoms with Crippen LogP contribution in [0.1, 0.15) is 10.4 Å². The van der Waals surface area contributed by atoms with Crippen LogP contribution in [0.5, 0.6) is 5.75 Å². The predicted octanol–water partition coefficient (Wildman–Crippen LogP) is 3.68. The minimum atomic E-state index is -0.452. The van der Waals surface area contributed by atoms with Gasteiger partial charge in [0.15, 0.2) is 11.4 Å². The molecule has 0 atom stereocenters. The Labute approximate surface area is 174 Å². The van der Waals surface area contributed by atoms with Gasteiger partial charge in [-0.25, -0.2) is 0 Å². The second-order valence-electron chi connectivity index (χ2n) is 6.22. The molecule has 0 aliphatic rings. The van der Waals surface area contributed by atoms with Gasteiger partial charge in [0.25, 0.3) is 5.69 Å². The van der Waals surface area contributed by atoms with E-state index in [9.17, 15) is 14.9 Å². The number of rotatable bonds is 7. The van der Waals surface area contributed by atoms with Crippen LogP contribution in [-0.2, 0) is 0 Å². The molecule has 2 aromatic carbocycles. The smallest absolute Gasteiger partial charge is 0.270 e. The summed E-state index contributed by atoms with van der Waals surface area (Å²) in [6.45, 7) is 0. The van der Waals surface area contributed by atoms with Crippen molar-refractivity contribution in [1.82, 2.24) is 19.8 Å². The van der Waals surface area contributed by atoms with Crippen molar-refractivity contribution in [3.05, 3.63) is 76.3 Å². The Balaban J connectivity index is 1.58. The number of non-ortho nitro benzene ring substituents is 1. The number of nitro groups is 1. The van der Waals surface area contributed by atoms with E-state index in [1.807, 2.05) is 0 Å². The van der Waals surface area contributed by atoms with Crippen molar-refractivity contribution in [1.29, 1.82) is 0 Å². The summed E-state index contributed by atoms with van der Waals surface area (Å²) in [5.41, 5.74) is 2.17. The number of carbonyl (C=O) groups is 1. The Morgan fingerprint density at radius 1 is 1.13 bits per heavy atom. The highest BCUT2D eigenvalue weighted by Gasteiger charge is 2.14. The van der Waals surface area contributed by atoms with Crippen molar-refractivity contribution >= 4 is 28.9 Å². The molecule has 0 saturated carbocycles. The molecule has 4 rings (SSSR count). The largest absolute Gasteiger partial charge is 0.497 e. The van der Waals surface area contributed by atoms with Crippen molar-refractivity contribution in [2.75, 3.05) is 12.9 Å². The summed E-state index contributed by atoms with van der Waals surface area (Å²) in [5, 5.41) is 24.2. The summed E-state index contributed by atoms with van der Waals surface area (Å²) in [6, 6.07) is 16.6. The Morgan fingerprint density at radius 2 is 1.97 bits per heavy atom. The molecule has 0 fully saturated rings. The van der Waals surface area contributed by atoms with Gasteiger partial charge in [0.2, 0.25) is 5.16 Å². The van der Waals surface area contributed by atoms with Crippen LogP contribution in [0, 0.1) is 10.1 Å². The topological polar surface area (TPSA) is 113 Å². The van der Waals surface area contributed by atoms with Crippen LogP contribution >= 0.6 is 11.8 Å². The van der Waals surface area contributed by atoms with Gasteiger partial charge in [0.1, 0.15) is 5.75 Å². The molecule has 2 aromatic heterocycles. The van der Waals surface area contributed by atoms with Gasteiger partial charge in [0.05, 0.1) is 23.5 Å². The highest BCUT2D eigenvalue weighted by molar-refractivity contribution is 7.99. The Hall–Kier alpha value is -3.79. The zero-order valence-corrected chi connectivity index (χ0v) is 16.6. The van der Waals surface area contributed by atoms with E-state index in [1.54, 1.807) is 55.6 Å². The van der Waals surface area contributed by atoms with Crippen LogP contribution < -0.4 is 4.74 Å². The fourth-order valence-electron chi connectivity index (χ4n) is 2.80. The summed E-state index contributed by atoms with van der Waals surface area (Å²) in [6.07, 6.45) is 0. The minimum Gasteiger partial charge on any atom is -0.497 e. The van der Waals surface area contributed by atoms with E-state index >= 15 is 0 Å². The van der Waals surface area contributed by atoms with Crippen LogP contribution in [0.15, 0.2) is 65.8 Å². The molecule has 0 unspecified atom stereocenters.